The van der Waals surface area contributed by atoms with E-state index in [0.717, 1.165) is 61.4 Å². The molecule has 35 heavy (non-hydrogen) atoms. The Bertz CT molecular complexity index is 1340. The van der Waals surface area contributed by atoms with Crippen molar-refractivity contribution in [3.05, 3.63) is 78.0 Å². The SMILES string of the molecule is O=C(NC1CC1)c1ccc(Nc2nc3c(-c4ccc(CN5CC[C@@H](O)C5)cc4)cccn3n2)cc1. The van der Waals surface area contributed by atoms with E-state index in [2.05, 4.69) is 44.9 Å². The number of aromatic nitrogens is 3. The molecule has 1 atom stereocenters. The van der Waals surface area contributed by atoms with Crippen LogP contribution in [0, 0.1) is 0 Å². The molecule has 1 amide bonds. The third-order valence-corrected chi connectivity index (χ3v) is 6.60. The molecule has 0 bridgehead atoms. The maximum absolute atomic E-state index is 12.2. The van der Waals surface area contributed by atoms with E-state index < -0.39 is 0 Å². The summed E-state index contributed by atoms with van der Waals surface area (Å²) in [6, 6.07) is 20.2. The lowest BCUT2D eigenvalue weighted by Crippen LogP contribution is -2.25. The molecule has 1 aliphatic carbocycles. The van der Waals surface area contributed by atoms with Crippen LogP contribution in [0.1, 0.15) is 35.2 Å². The Balaban J connectivity index is 1.17. The van der Waals surface area contributed by atoms with Crippen molar-refractivity contribution in [2.75, 3.05) is 18.4 Å². The first-order valence-corrected chi connectivity index (χ1v) is 12.1. The highest BCUT2D eigenvalue weighted by Crippen LogP contribution is 2.26. The predicted octanol–water partition coefficient (Wildman–Crippen LogP) is 3.60. The Hall–Kier alpha value is -3.75. The van der Waals surface area contributed by atoms with Crippen LogP contribution in [-0.4, -0.2) is 55.7 Å². The van der Waals surface area contributed by atoms with Gasteiger partial charge in [-0.2, -0.15) is 4.98 Å². The number of carbonyl (C=O) groups excluding carboxylic acids is 1. The third kappa shape index (κ3) is 4.89. The maximum Gasteiger partial charge on any atom is 0.251 e. The van der Waals surface area contributed by atoms with Gasteiger partial charge in [-0.3, -0.25) is 9.69 Å². The number of amides is 1. The van der Waals surface area contributed by atoms with Crippen LogP contribution in [-0.2, 0) is 6.54 Å². The Morgan fingerprint density at radius 1 is 1.03 bits per heavy atom. The van der Waals surface area contributed by atoms with E-state index in [1.54, 1.807) is 4.52 Å². The van der Waals surface area contributed by atoms with Crippen molar-refractivity contribution in [1.82, 2.24) is 24.8 Å². The molecule has 8 nitrogen and oxygen atoms in total. The summed E-state index contributed by atoms with van der Waals surface area (Å²) in [5.74, 6) is 0.468. The lowest BCUT2D eigenvalue weighted by atomic mass is 10.0. The van der Waals surface area contributed by atoms with Crippen LogP contribution in [0.5, 0.6) is 0 Å². The molecule has 1 saturated heterocycles. The maximum atomic E-state index is 12.2. The molecule has 2 aromatic heterocycles. The zero-order chi connectivity index (χ0) is 23.8. The fourth-order valence-electron chi connectivity index (χ4n) is 4.52. The van der Waals surface area contributed by atoms with Gasteiger partial charge >= 0.3 is 0 Å². The van der Waals surface area contributed by atoms with E-state index in [1.165, 1.54) is 5.56 Å². The van der Waals surface area contributed by atoms with E-state index in [9.17, 15) is 9.90 Å². The van der Waals surface area contributed by atoms with Gasteiger partial charge in [-0.1, -0.05) is 24.3 Å². The summed E-state index contributed by atoms with van der Waals surface area (Å²) in [5, 5.41) is 20.6. The molecule has 2 aliphatic rings. The molecule has 2 aromatic carbocycles. The van der Waals surface area contributed by atoms with Crippen molar-refractivity contribution in [2.45, 2.75) is 38.0 Å². The molecule has 2 fully saturated rings. The molecule has 3 heterocycles. The van der Waals surface area contributed by atoms with Gasteiger partial charge in [0.05, 0.1) is 6.10 Å². The lowest BCUT2D eigenvalue weighted by molar-refractivity contribution is 0.0951. The van der Waals surface area contributed by atoms with E-state index in [1.807, 2.05) is 42.6 Å². The number of rotatable bonds is 7. The van der Waals surface area contributed by atoms with Crippen LogP contribution in [0.4, 0.5) is 11.6 Å². The summed E-state index contributed by atoms with van der Waals surface area (Å²) in [6.07, 6.45) is 4.67. The Kier molecular flexibility index (Phi) is 5.67. The summed E-state index contributed by atoms with van der Waals surface area (Å²) >= 11 is 0. The molecule has 4 aromatic rings. The largest absolute Gasteiger partial charge is 0.392 e. The fraction of sp³-hybridized carbons (Fsp3) is 0.296. The van der Waals surface area contributed by atoms with Crippen molar-refractivity contribution < 1.29 is 9.90 Å². The molecule has 0 radical (unpaired) electrons. The van der Waals surface area contributed by atoms with Crippen molar-refractivity contribution >= 4 is 23.2 Å². The van der Waals surface area contributed by atoms with E-state index in [0.29, 0.717) is 17.6 Å². The quantitative estimate of drug-likeness (QED) is 0.384. The molecule has 0 unspecified atom stereocenters. The minimum atomic E-state index is -0.201. The average molecular weight is 469 g/mol. The highest BCUT2D eigenvalue weighted by atomic mass is 16.3. The summed E-state index contributed by atoms with van der Waals surface area (Å²) < 4.78 is 1.77. The summed E-state index contributed by atoms with van der Waals surface area (Å²) in [6.45, 7) is 2.53. The number of hydrogen-bond donors (Lipinski definition) is 3. The van der Waals surface area contributed by atoms with Crippen LogP contribution in [0.3, 0.4) is 0 Å². The second-order valence-electron chi connectivity index (χ2n) is 9.45. The fourth-order valence-corrected chi connectivity index (χ4v) is 4.52. The molecule has 8 heteroatoms. The number of hydrogen-bond acceptors (Lipinski definition) is 6. The van der Waals surface area contributed by atoms with Crippen LogP contribution in [0.25, 0.3) is 16.8 Å². The first kappa shape index (κ1) is 21.8. The number of benzene rings is 2. The lowest BCUT2D eigenvalue weighted by Gasteiger charge is -2.15. The zero-order valence-electron chi connectivity index (χ0n) is 19.4. The molecule has 6 rings (SSSR count). The number of likely N-dealkylation sites (tertiary alicyclic amines) is 1. The molecule has 1 saturated carbocycles. The van der Waals surface area contributed by atoms with Gasteiger partial charge in [-0.05, 0) is 66.8 Å². The van der Waals surface area contributed by atoms with E-state index in [4.69, 9.17) is 4.98 Å². The smallest absolute Gasteiger partial charge is 0.251 e. The first-order valence-electron chi connectivity index (χ1n) is 12.1. The summed E-state index contributed by atoms with van der Waals surface area (Å²) in [5.41, 5.74) is 5.55. The van der Waals surface area contributed by atoms with Gasteiger partial charge in [0, 0.05) is 48.7 Å². The number of anilines is 2. The number of pyridine rings is 1. The Morgan fingerprint density at radius 3 is 2.54 bits per heavy atom. The van der Waals surface area contributed by atoms with Gasteiger partial charge in [-0.15, -0.1) is 5.10 Å². The zero-order valence-corrected chi connectivity index (χ0v) is 19.4. The topological polar surface area (TPSA) is 94.8 Å². The molecule has 3 N–H and O–H groups in total. The third-order valence-electron chi connectivity index (χ3n) is 6.60. The Morgan fingerprint density at radius 2 is 1.83 bits per heavy atom. The van der Waals surface area contributed by atoms with Crippen LogP contribution < -0.4 is 10.6 Å². The van der Waals surface area contributed by atoms with Crippen molar-refractivity contribution in [2.24, 2.45) is 0 Å². The predicted molar refractivity (Wildman–Crippen MR) is 135 cm³/mol. The molecule has 178 valence electrons. The highest BCUT2D eigenvalue weighted by Gasteiger charge is 2.23. The van der Waals surface area contributed by atoms with Gasteiger partial charge in [0.25, 0.3) is 5.91 Å². The van der Waals surface area contributed by atoms with Gasteiger partial charge in [0.1, 0.15) is 0 Å². The van der Waals surface area contributed by atoms with Crippen LogP contribution in [0.2, 0.25) is 0 Å². The number of β-amino-alcohol motifs (C(OH)–C–C–N with tert-alkyl or cyclic N) is 1. The number of aliphatic hydroxyl groups excluding tert-OH is 1. The van der Waals surface area contributed by atoms with Crippen LogP contribution >= 0.6 is 0 Å². The molecular weight excluding hydrogens is 440 g/mol. The first-order chi connectivity index (χ1) is 17.1. The Labute approximate surface area is 203 Å². The van der Waals surface area contributed by atoms with Gasteiger partial charge < -0.3 is 15.7 Å². The minimum Gasteiger partial charge on any atom is -0.392 e. The van der Waals surface area contributed by atoms with Crippen molar-refractivity contribution in [1.29, 1.82) is 0 Å². The van der Waals surface area contributed by atoms with Crippen molar-refractivity contribution in [3.8, 4) is 11.1 Å². The molecule has 1 aliphatic heterocycles. The molecular formula is C27H28N6O2. The highest BCUT2D eigenvalue weighted by molar-refractivity contribution is 5.95. The normalized spacial score (nSPS) is 18.1. The number of nitrogens with one attached hydrogen (secondary N) is 2. The average Bonchev–Trinajstić information content (AvgIpc) is 3.43. The second-order valence-corrected chi connectivity index (χ2v) is 9.45. The van der Waals surface area contributed by atoms with Gasteiger partial charge in [0.15, 0.2) is 5.65 Å². The minimum absolute atomic E-state index is 0.0291. The summed E-state index contributed by atoms with van der Waals surface area (Å²) in [4.78, 5) is 19.2. The standard InChI is InChI=1S/C27H28N6O2/c34-23-13-15-32(17-23)16-18-3-5-19(6-4-18)24-2-1-14-33-25(24)30-27(31-33)29-22-9-7-20(8-10-22)26(35)28-21-11-12-21/h1-10,14,21,23,34H,11-13,15-17H2,(H,28,35)(H,29,31)/t23-/m1/s1. The monoisotopic (exact) mass is 468 g/mol. The summed E-state index contributed by atoms with van der Waals surface area (Å²) in [7, 11) is 0. The van der Waals surface area contributed by atoms with E-state index in [-0.39, 0.29) is 12.0 Å². The van der Waals surface area contributed by atoms with Crippen molar-refractivity contribution in [3.63, 3.8) is 0 Å². The number of fused-ring (bicyclic) bond motifs is 1. The van der Waals surface area contributed by atoms with E-state index >= 15 is 0 Å². The van der Waals surface area contributed by atoms with Crippen LogP contribution in [0.15, 0.2) is 66.9 Å². The second kappa shape index (κ2) is 9.13. The van der Waals surface area contributed by atoms with Gasteiger partial charge in [-0.25, -0.2) is 4.52 Å². The van der Waals surface area contributed by atoms with Gasteiger partial charge in [0.2, 0.25) is 5.95 Å². The molecule has 0 spiro atoms. The number of aliphatic hydroxyl groups is 1. The number of nitrogens with zero attached hydrogens (tertiary/aromatic N) is 4. The number of carbonyl (C=O) groups is 1.